The van der Waals surface area contributed by atoms with Crippen molar-refractivity contribution in [3.05, 3.63) is 12.7 Å². The topological polar surface area (TPSA) is 146 Å². The van der Waals surface area contributed by atoms with Crippen LogP contribution in [0.15, 0.2) is 17.8 Å². The molecule has 1 fully saturated rings. The van der Waals surface area contributed by atoms with Gasteiger partial charge in [0.2, 0.25) is 11.7 Å². The van der Waals surface area contributed by atoms with Gasteiger partial charge in [-0.05, 0) is 26.7 Å². The first kappa shape index (κ1) is 25.2. The lowest BCUT2D eigenvalue weighted by Gasteiger charge is -2.37. The van der Waals surface area contributed by atoms with Crippen molar-refractivity contribution in [2.45, 2.75) is 89.7 Å². The molecule has 34 heavy (non-hydrogen) atoms. The van der Waals surface area contributed by atoms with Crippen molar-refractivity contribution in [1.82, 2.24) is 14.5 Å². The van der Waals surface area contributed by atoms with E-state index in [1.165, 1.54) is 13.3 Å². The Hall–Kier alpha value is -1.95. The van der Waals surface area contributed by atoms with E-state index >= 15 is 0 Å². The van der Waals surface area contributed by atoms with E-state index < -0.39 is 37.0 Å². The summed E-state index contributed by atoms with van der Waals surface area (Å²) in [5, 5.41) is 25.6. The Balaban J connectivity index is 1.59. The van der Waals surface area contributed by atoms with E-state index in [0.29, 0.717) is 24.3 Å². The van der Waals surface area contributed by atoms with E-state index in [1.807, 2.05) is 25.5 Å². The second-order valence-electron chi connectivity index (χ2n) is 9.57. The molecule has 6 unspecified atom stereocenters. The molecule has 1 saturated heterocycles. The quantitative estimate of drug-likeness (QED) is 0.367. The molecule has 0 aromatic carbocycles. The smallest absolute Gasteiger partial charge is 0.359 e. The maximum Gasteiger partial charge on any atom is 0.359 e. The van der Waals surface area contributed by atoms with E-state index in [0.717, 1.165) is 11.4 Å². The molecular weight excluding hydrogens is 463 g/mol. The van der Waals surface area contributed by atoms with Crippen LogP contribution in [0.3, 0.4) is 0 Å². The summed E-state index contributed by atoms with van der Waals surface area (Å²) in [7, 11) is -2.52. The standard InChI is InChI=1S/C21H33N6O6P/c1-7-20(4,33-34(30,31)21(5,29)8-2)10-14-9-15(28)19(32-14)27-12-26-13(3)24-25(6)17-16(26)18(27)23-11-22-17/h11-12,14-15,19,28-29H,7-10H2,1-6H3/p+1. The number of hydrogen-bond donors (Lipinski definition) is 3. The summed E-state index contributed by atoms with van der Waals surface area (Å²) in [4.78, 5) is 19.2. The van der Waals surface area contributed by atoms with Crippen molar-refractivity contribution < 1.29 is 33.5 Å². The number of hydrogen-bond acceptors (Lipinski definition) is 9. The summed E-state index contributed by atoms with van der Waals surface area (Å²) in [6.07, 6.45) is 2.33. The highest BCUT2D eigenvalue weighted by Gasteiger charge is 2.49. The Morgan fingerprint density at radius 1 is 1.32 bits per heavy atom. The summed E-state index contributed by atoms with van der Waals surface area (Å²) >= 11 is 0. The summed E-state index contributed by atoms with van der Waals surface area (Å²) in [6.45, 7) is 8.36. The van der Waals surface area contributed by atoms with Gasteiger partial charge < -0.3 is 24.4 Å². The van der Waals surface area contributed by atoms with Gasteiger partial charge >= 0.3 is 13.2 Å². The second-order valence-corrected chi connectivity index (χ2v) is 11.8. The van der Waals surface area contributed by atoms with Crippen molar-refractivity contribution in [2.75, 3.05) is 12.1 Å². The van der Waals surface area contributed by atoms with Gasteiger partial charge in [0.05, 0.1) is 11.7 Å². The molecule has 4 heterocycles. The first-order valence-electron chi connectivity index (χ1n) is 11.5. The molecule has 0 radical (unpaired) electrons. The predicted molar refractivity (Wildman–Crippen MR) is 124 cm³/mol. The van der Waals surface area contributed by atoms with Crippen LogP contribution in [0.2, 0.25) is 0 Å². The molecule has 2 aromatic heterocycles. The van der Waals surface area contributed by atoms with E-state index in [2.05, 4.69) is 15.1 Å². The molecule has 6 atom stereocenters. The number of nitrogens with zero attached hydrogens (tertiary/aromatic N) is 6. The third kappa shape index (κ3) is 4.16. The van der Waals surface area contributed by atoms with Crippen molar-refractivity contribution in [2.24, 2.45) is 5.10 Å². The monoisotopic (exact) mass is 497 g/mol. The molecule has 12 nitrogen and oxygen atoms in total. The van der Waals surface area contributed by atoms with Crippen LogP contribution in [0.25, 0.3) is 11.2 Å². The predicted octanol–water partition coefficient (Wildman–Crippen LogP) is 1.88. The largest absolute Gasteiger partial charge is 0.387 e. The Morgan fingerprint density at radius 3 is 2.68 bits per heavy atom. The third-order valence-corrected chi connectivity index (χ3v) is 9.15. The Labute approximate surface area is 198 Å². The lowest BCUT2D eigenvalue weighted by Crippen LogP contribution is -2.44. The number of ether oxygens (including phenoxy) is 1. The number of anilines is 1. The van der Waals surface area contributed by atoms with Crippen molar-refractivity contribution in [3.8, 4) is 0 Å². The molecule has 0 amide bonds. The minimum Gasteiger partial charge on any atom is -0.387 e. The minimum atomic E-state index is -4.33. The van der Waals surface area contributed by atoms with E-state index in [9.17, 15) is 19.7 Å². The molecule has 4 rings (SSSR count). The number of rotatable bonds is 8. The molecule has 188 valence electrons. The average Bonchev–Trinajstić information content (AvgIpc) is 3.32. The fourth-order valence-corrected chi connectivity index (χ4v) is 5.82. The highest BCUT2D eigenvalue weighted by atomic mass is 31.2. The lowest BCUT2D eigenvalue weighted by molar-refractivity contribution is -0.745. The number of hydrazone groups is 1. The molecule has 0 spiro atoms. The van der Waals surface area contributed by atoms with Crippen LogP contribution in [0.1, 0.15) is 66.5 Å². The molecule has 2 aliphatic heterocycles. The first-order valence-corrected chi connectivity index (χ1v) is 13.1. The lowest BCUT2D eigenvalue weighted by atomic mass is 9.94. The van der Waals surface area contributed by atoms with Crippen LogP contribution in [-0.4, -0.2) is 65.7 Å². The van der Waals surface area contributed by atoms with Gasteiger partial charge in [-0.25, -0.2) is 14.1 Å². The summed E-state index contributed by atoms with van der Waals surface area (Å²) in [6, 6.07) is 0. The number of imidazole rings is 1. The van der Waals surface area contributed by atoms with Gasteiger partial charge in [-0.3, -0.25) is 4.57 Å². The zero-order valence-electron chi connectivity index (χ0n) is 20.4. The maximum absolute atomic E-state index is 12.8. The number of aromatic nitrogens is 4. The van der Waals surface area contributed by atoms with E-state index in [4.69, 9.17) is 9.26 Å². The van der Waals surface area contributed by atoms with E-state index in [-0.39, 0.29) is 12.8 Å². The SMILES string of the molecule is CCC(C)(CC1CC(O)C([n+]2cn3c4c(ncnc42)N(C)N=C3C)O1)OP(=O)(O)C(C)(O)CC. The molecule has 0 saturated carbocycles. The fourth-order valence-electron chi connectivity index (χ4n) is 4.42. The van der Waals surface area contributed by atoms with Gasteiger partial charge in [-0.2, -0.15) is 4.98 Å². The van der Waals surface area contributed by atoms with Gasteiger partial charge in [-0.1, -0.05) is 18.8 Å². The van der Waals surface area contributed by atoms with Crippen LogP contribution >= 0.6 is 7.60 Å². The number of aliphatic hydroxyl groups is 2. The Bertz CT molecular complexity index is 1170. The molecule has 0 aliphatic carbocycles. The zero-order valence-corrected chi connectivity index (χ0v) is 21.3. The van der Waals surface area contributed by atoms with Crippen molar-refractivity contribution >= 4 is 30.4 Å². The molecule has 2 aliphatic rings. The summed E-state index contributed by atoms with van der Waals surface area (Å²) in [5.74, 6) is 1.37. The fraction of sp³-hybridized carbons (Fsp3) is 0.714. The molecule has 2 aromatic rings. The molecule has 0 bridgehead atoms. The number of aliphatic hydroxyl groups excluding tert-OH is 1. The van der Waals surface area contributed by atoms with Crippen molar-refractivity contribution in [1.29, 1.82) is 0 Å². The van der Waals surface area contributed by atoms with Crippen LogP contribution in [0, 0.1) is 0 Å². The summed E-state index contributed by atoms with van der Waals surface area (Å²) in [5.41, 5.74) is 0.330. The molecule has 13 heteroatoms. The van der Waals surface area contributed by atoms with Gasteiger partial charge in [-0.15, -0.1) is 5.10 Å². The minimum absolute atomic E-state index is 0.0732. The Morgan fingerprint density at radius 2 is 2.03 bits per heavy atom. The average molecular weight is 498 g/mol. The molecular formula is C21H34N6O6P+. The highest BCUT2D eigenvalue weighted by molar-refractivity contribution is 7.54. The van der Waals surface area contributed by atoms with Crippen molar-refractivity contribution in [3.63, 3.8) is 0 Å². The van der Waals surface area contributed by atoms with Crippen LogP contribution < -0.4 is 9.58 Å². The van der Waals surface area contributed by atoms with Gasteiger partial charge in [0.1, 0.15) is 6.10 Å². The van der Waals surface area contributed by atoms with Gasteiger partial charge in [0, 0.05) is 26.8 Å². The van der Waals surface area contributed by atoms with Crippen LogP contribution in [0.5, 0.6) is 0 Å². The Kier molecular flexibility index (Phi) is 6.37. The second kappa shape index (κ2) is 8.61. The van der Waals surface area contributed by atoms with Gasteiger partial charge in [0.25, 0.3) is 0 Å². The van der Waals surface area contributed by atoms with Gasteiger partial charge in [0.15, 0.2) is 29.7 Å². The van der Waals surface area contributed by atoms with Crippen LogP contribution in [-0.2, 0) is 13.8 Å². The summed E-state index contributed by atoms with van der Waals surface area (Å²) < 4.78 is 28.3. The van der Waals surface area contributed by atoms with Crippen LogP contribution in [0.4, 0.5) is 5.82 Å². The maximum atomic E-state index is 12.8. The van der Waals surface area contributed by atoms with E-state index in [1.54, 1.807) is 29.8 Å². The zero-order chi connectivity index (χ0) is 25.1. The third-order valence-electron chi connectivity index (χ3n) is 6.93. The molecule has 3 N–H and O–H groups in total. The normalized spacial score (nSPS) is 27.9. The highest BCUT2D eigenvalue weighted by Crippen LogP contribution is 2.59. The first-order chi connectivity index (χ1) is 15.8.